The lowest BCUT2D eigenvalue weighted by atomic mass is 10.1. The number of hydrogen-bond acceptors (Lipinski definition) is 2. The topological polar surface area (TPSA) is 32.4 Å². The van der Waals surface area contributed by atoms with Crippen molar-refractivity contribution in [1.82, 2.24) is 4.90 Å². The minimum absolute atomic E-state index is 0.128. The van der Waals surface area contributed by atoms with Crippen LogP contribution in [0.1, 0.15) is 11.1 Å². The van der Waals surface area contributed by atoms with Crippen molar-refractivity contribution in [1.29, 1.82) is 0 Å². The monoisotopic (exact) mass is 412 g/mol. The van der Waals surface area contributed by atoms with Gasteiger partial charge < -0.3 is 19.6 Å². The largest absolute Gasteiger partial charge is 0.360 e. The van der Waals surface area contributed by atoms with E-state index in [0.29, 0.717) is 13.1 Å². The summed E-state index contributed by atoms with van der Waals surface area (Å²) in [5.41, 5.74) is 3.40. The van der Waals surface area contributed by atoms with Crippen LogP contribution in [0.3, 0.4) is 0 Å². The van der Waals surface area contributed by atoms with Gasteiger partial charge in [-0.1, -0.05) is 36.4 Å². The summed E-state index contributed by atoms with van der Waals surface area (Å²) in [5, 5.41) is 0. The number of nitrogens with one attached hydrogen (secondary N) is 2. The summed E-state index contributed by atoms with van der Waals surface area (Å²) in [6.07, 6.45) is 0. The Morgan fingerprint density at radius 3 is 2.23 bits per heavy atom. The molecule has 0 spiro atoms. The number of amides is 1. The van der Waals surface area contributed by atoms with Crippen LogP contribution in [0.25, 0.3) is 0 Å². The third-order valence-corrected chi connectivity index (χ3v) is 6.55. The Morgan fingerprint density at radius 2 is 1.53 bits per heavy atom. The Hall–Kier alpha value is -2.44. The molecule has 2 aliphatic heterocycles. The van der Waals surface area contributed by atoms with E-state index in [9.17, 15) is 9.18 Å². The van der Waals surface area contributed by atoms with Crippen LogP contribution in [0, 0.1) is 12.7 Å². The average molecular weight is 413 g/mol. The highest BCUT2D eigenvalue weighted by Gasteiger charge is 2.28. The van der Waals surface area contributed by atoms with Gasteiger partial charge in [-0.15, -0.1) is 0 Å². The molecule has 2 N–H and O–H groups in total. The molecule has 2 fully saturated rings. The Balaban J connectivity index is 1.21. The van der Waals surface area contributed by atoms with Gasteiger partial charge in [0.15, 0.2) is 6.54 Å². The number of rotatable bonds is 5. The first-order valence-corrected chi connectivity index (χ1v) is 11.1. The van der Waals surface area contributed by atoms with E-state index < -0.39 is 0 Å². The Labute approximate surface area is 178 Å². The quantitative estimate of drug-likeness (QED) is 0.711. The van der Waals surface area contributed by atoms with Gasteiger partial charge in [0.25, 0.3) is 5.91 Å². The van der Waals surface area contributed by atoms with Crippen molar-refractivity contribution in [3.05, 3.63) is 65.5 Å². The molecule has 0 atom stereocenters. The molecule has 5 nitrogen and oxygen atoms in total. The Bertz CT molecular complexity index is 858. The Morgan fingerprint density at radius 1 is 0.900 bits per heavy atom. The summed E-state index contributed by atoms with van der Waals surface area (Å²) in [4.78, 5) is 20.0. The predicted molar refractivity (Wildman–Crippen MR) is 116 cm³/mol. The number of anilines is 1. The third-order valence-electron chi connectivity index (χ3n) is 6.55. The van der Waals surface area contributed by atoms with Gasteiger partial charge >= 0.3 is 0 Å². The molecule has 2 aliphatic rings. The molecule has 0 aromatic heterocycles. The fraction of sp³-hybridized carbons (Fsp3) is 0.458. The maximum absolute atomic E-state index is 13.9. The fourth-order valence-electron chi connectivity index (χ4n) is 4.64. The van der Waals surface area contributed by atoms with E-state index in [1.54, 1.807) is 6.07 Å². The standard InChI is InChI=1S/C24H31FN4O/c1-20-6-2-5-9-23(20)28-14-10-27(11-15-28)19-24(30)29-16-12-26(13-17-29)18-21-7-3-4-8-22(21)25/h2-9H,10-19H2,1H3/p+2. The molecular formula is C24H33FN4O+2. The summed E-state index contributed by atoms with van der Waals surface area (Å²) >= 11 is 0. The molecule has 2 heterocycles. The number of benzene rings is 2. The molecule has 0 unspecified atom stereocenters. The third kappa shape index (κ3) is 4.99. The second-order valence-electron chi connectivity index (χ2n) is 8.60. The smallest absolute Gasteiger partial charge is 0.278 e. The number of aryl methyl sites for hydroxylation is 1. The first-order valence-electron chi connectivity index (χ1n) is 11.1. The molecule has 2 aromatic carbocycles. The van der Waals surface area contributed by atoms with Crippen LogP contribution in [-0.4, -0.2) is 69.7 Å². The number of hydrogen-bond donors (Lipinski definition) is 2. The summed E-state index contributed by atoms with van der Waals surface area (Å²) in [7, 11) is 0. The van der Waals surface area contributed by atoms with E-state index in [-0.39, 0.29) is 11.7 Å². The number of piperazine rings is 2. The van der Waals surface area contributed by atoms with Crippen LogP contribution in [0.2, 0.25) is 0 Å². The van der Waals surface area contributed by atoms with Crippen molar-refractivity contribution < 1.29 is 19.0 Å². The van der Waals surface area contributed by atoms with Crippen molar-refractivity contribution in [2.75, 3.05) is 63.8 Å². The molecule has 6 heteroatoms. The van der Waals surface area contributed by atoms with Crippen LogP contribution in [0.4, 0.5) is 10.1 Å². The van der Waals surface area contributed by atoms with Crippen LogP contribution >= 0.6 is 0 Å². The molecule has 0 saturated carbocycles. The predicted octanol–water partition coefficient (Wildman–Crippen LogP) is -0.234. The van der Waals surface area contributed by atoms with Crippen molar-refractivity contribution in [3.63, 3.8) is 0 Å². The maximum atomic E-state index is 13.9. The van der Waals surface area contributed by atoms with E-state index in [2.05, 4.69) is 36.1 Å². The summed E-state index contributed by atoms with van der Waals surface area (Å²) < 4.78 is 13.9. The van der Waals surface area contributed by atoms with E-state index in [0.717, 1.165) is 57.9 Å². The zero-order valence-corrected chi connectivity index (χ0v) is 17.9. The van der Waals surface area contributed by atoms with Crippen LogP contribution in [0.15, 0.2) is 48.5 Å². The van der Waals surface area contributed by atoms with E-state index in [1.807, 2.05) is 17.0 Å². The van der Waals surface area contributed by atoms with Gasteiger partial charge in [0, 0.05) is 11.3 Å². The molecule has 160 valence electrons. The first-order chi connectivity index (χ1) is 14.6. The molecule has 4 rings (SSSR count). The lowest BCUT2D eigenvalue weighted by molar-refractivity contribution is -0.918. The Kier molecular flexibility index (Phi) is 6.65. The van der Waals surface area contributed by atoms with E-state index >= 15 is 0 Å². The molecule has 1 amide bonds. The average Bonchev–Trinajstić information content (AvgIpc) is 2.77. The highest BCUT2D eigenvalue weighted by atomic mass is 19.1. The van der Waals surface area contributed by atoms with E-state index in [4.69, 9.17) is 0 Å². The summed E-state index contributed by atoms with van der Waals surface area (Å²) in [5.74, 6) is 0.135. The number of quaternary nitrogens is 2. The fourth-order valence-corrected chi connectivity index (χ4v) is 4.64. The lowest BCUT2D eigenvalue weighted by Gasteiger charge is -2.36. The number of nitrogens with zero attached hydrogens (tertiary/aromatic N) is 2. The van der Waals surface area contributed by atoms with Crippen LogP contribution in [0.5, 0.6) is 0 Å². The van der Waals surface area contributed by atoms with Gasteiger partial charge in [0.05, 0.1) is 52.4 Å². The van der Waals surface area contributed by atoms with E-state index in [1.165, 1.54) is 27.1 Å². The maximum Gasteiger partial charge on any atom is 0.278 e. The molecule has 30 heavy (non-hydrogen) atoms. The van der Waals surface area contributed by atoms with Crippen LogP contribution in [-0.2, 0) is 11.3 Å². The zero-order chi connectivity index (χ0) is 20.9. The molecule has 0 radical (unpaired) electrons. The second kappa shape index (κ2) is 9.58. The molecular weight excluding hydrogens is 379 g/mol. The zero-order valence-electron chi connectivity index (χ0n) is 17.9. The second-order valence-corrected chi connectivity index (χ2v) is 8.60. The number of para-hydroxylation sites is 1. The minimum Gasteiger partial charge on any atom is -0.360 e. The SMILES string of the molecule is Cc1ccccc1N1CC[NH+](CC(=O)N2CC[NH+](Cc3ccccc3F)CC2)CC1. The molecule has 2 saturated heterocycles. The van der Waals surface area contributed by atoms with Crippen molar-refractivity contribution in [3.8, 4) is 0 Å². The van der Waals surface area contributed by atoms with Crippen molar-refractivity contribution in [2.24, 2.45) is 0 Å². The van der Waals surface area contributed by atoms with Gasteiger partial charge in [-0.3, -0.25) is 4.79 Å². The first kappa shape index (κ1) is 20.8. The van der Waals surface area contributed by atoms with Crippen molar-refractivity contribution in [2.45, 2.75) is 13.5 Å². The highest BCUT2D eigenvalue weighted by molar-refractivity contribution is 5.77. The molecule has 0 bridgehead atoms. The van der Waals surface area contributed by atoms with Crippen LogP contribution < -0.4 is 14.7 Å². The molecule has 0 aliphatic carbocycles. The van der Waals surface area contributed by atoms with Gasteiger partial charge in [0.1, 0.15) is 12.4 Å². The molecule has 2 aromatic rings. The number of carbonyl (C=O) groups is 1. The van der Waals surface area contributed by atoms with Gasteiger partial charge in [-0.05, 0) is 24.6 Å². The lowest BCUT2D eigenvalue weighted by Crippen LogP contribution is -3.16. The minimum atomic E-state index is -0.128. The number of carbonyl (C=O) groups excluding carboxylic acids is 1. The van der Waals surface area contributed by atoms with Gasteiger partial charge in [0.2, 0.25) is 0 Å². The highest BCUT2D eigenvalue weighted by Crippen LogP contribution is 2.18. The van der Waals surface area contributed by atoms with Crippen molar-refractivity contribution >= 4 is 11.6 Å². The van der Waals surface area contributed by atoms with Gasteiger partial charge in [-0.25, -0.2) is 4.39 Å². The normalized spacial score (nSPS) is 18.6. The number of halogens is 1. The summed E-state index contributed by atoms with van der Waals surface area (Å²) in [6.45, 7) is 10.7. The van der Waals surface area contributed by atoms with Gasteiger partial charge in [-0.2, -0.15) is 0 Å². The summed E-state index contributed by atoms with van der Waals surface area (Å²) in [6, 6.07) is 15.5.